The lowest BCUT2D eigenvalue weighted by molar-refractivity contribution is -0.0874. The van der Waals surface area contributed by atoms with Gasteiger partial charge in [0.25, 0.3) is 0 Å². The predicted molar refractivity (Wildman–Crippen MR) is 79.6 cm³/mol. The van der Waals surface area contributed by atoms with Gasteiger partial charge in [-0.1, -0.05) is 27.7 Å². The van der Waals surface area contributed by atoms with Crippen LogP contribution in [0.1, 0.15) is 46.1 Å². The Morgan fingerprint density at radius 2 is 2.00 bits per heavy atom. The van der Waals surface area contributed by atoms with Gasteiger partial charge in [0, 0.05) is 24.0 Å². The molecule has 2 aromatic heterocycles. The lowest BCUT2D eigenvalue weighted by atomic mass is 10.0. The first-order valence-corrected chi connectivity index (χ1v) is 7.15. The predicted octanol–water partition coefficient (Wildman–Crippen LogP) is 3.93. The van der Waals surface area contributed by atoms with E-state index in [4.69, 9.17) is 4.74 Å². The first kappa shape index (κ1) is 14.1. The Morgan fingerprint density at radius 1 is 1.32 bits per heavy atom. The monoisotopic (exact) mass is 260 g/mol. The second-order valence-corrected chi connectivity index (χ2v) is 5.49. The van der Waals surface area contributed by atoms with E-state index in [9.17, 15) is 0 Å². The average molecular weight is 260 g/mol. The van der Waals surface area contributed by atoms with E-state index in [0.29, 0.717) is 5.92 Å². The van der Waals surface area contributed by atoms with E-state index >= 15 is 0 Å². The van der Waals surface area contributed by atoms with E-state index in [0.717, 1.165) is 13.2 Å². The first-order chi connectivity index (χ1) is 9.12. The summed E-state index contributed by atoms with van der Waals surface area (Å²) in [6, 6.07) is 2.10. The molecule has 0 spiro atoms. The molecule has 0 amide bonds. The molecule has 1 saturated heterocycles. The van der Waals surface area contributed by atoms with Crippen molar-refractivity contribution in [2.24, 2.45) is 0 Å². The van der Waals surface area contributed by atoms with Crippen LogP contribution >= 0.6 is 0 Å². The van der Waals surface area contributed by atoms with Crippen LogP contribution < -0.4 is 0 Å². The van der Waals surface area contributed by atoms with Crippen molar-refractivity contribution >= 4 is 10.9 Å². The van der Waals surface area contributed by atoms with Gasteiger partial charge in [-0.25, -0.2) is 0 Å². The molecule has 3 rings (SSSR count). The molecule has 3 heterocycles. The van der Waals surface area contributed by atoms with Gasteiger partial charge in [-0.3, -0.25) is 4.98 Å². The maximum atomic E-state index is 5.37. The number of aromatic nitrogens is 2. The number of nitrogens with zero attached hydrogens (tertiary/aromatic N) is 2. The van der Waals surface area contributed by atoms with Crippen molar-refractivity contribution in [1.29, 1.82) is 0 Å². The highest BCUT2D eigenvalue weighted by Crippen LogP contribution is 2.34. The van der Waals surface area contributed by atoms with Gasteiger partial charge >= 0.3 is 0 Å². The molecule has 0 bridgehead atoms. The Morgan fingerprint density at radius 3 is 2.53 bits per heavy atom. The fourth-order valence-electron chi connectivity index (χ4n) is 2.54. The normalized spacial score (nSPS) is 16.9. The summed E-state index contributed by atoms with van der Waals surface area (Å²) in [6.07, 6.45) is 6.12. The lowest BCUT2D eigenvalue weighted by Gasteiger charge is -2.40. The fourth-order valence-corrected chi connectivity index (χ4v) is 2.54. The summed E-state index contributed by atoms with van der Waals surface area (Å²) in [4.78, 5) is 4.25. The molecular weight excluding hydrogens is 236 g/mol. The fraction of sp³-hybridized carbons (Fsp3) is 0.562. The van der Waals surface area contributed by atoms with E-state index in [-0.39, 0.29) is 5.54 Å². The number of fused-ring (bicyclic) bond motifs is 1. The van der Waals surface area contributed by atoms with Gasteiger partial charge in [0.1, 0.15) is 0 Å². The summed E-state index contributed by atoms with van der Waals surface area (Å²) < 4.78 is 7.74. The second kappa shape index (κ2) is 5.33. The summed E-state index contributed by atoms with van der Waals surface area (Å²) in [5.74, 6) is 0.521. The largest absolute Gasteiger partial charge is 0.376 e. The van der Waals surface area contributed by atoms with Crippen LogP contribution in [0, 0.1) is 0 Å². The van der Waals surface area contributed by atoms with E-state index in [1.54, 1.807) is 0 Å². The van der Waals surface area contributed by atoms with Gasteiger partial charge in [0.05, 0.1) is 24.3 Å². The van der Waals surface area contributed by atoms with E-state index in [1.165, 1.54) is 16.5 Å². The van der Waals surface area contributed by atoms with Crippen LogP contribution in [0.5, 0.6) is 0 Å². The van der Waals surface area contributed by atoms with Crippen molar-refractivity contribution in [3.8, 4) is 0 Å². The van der Waals surface area contributed by atoms with Crippen molar-refractivity contribution < 1.29 is 4.74 Å². The molecule has 0 saturated carbocycles. The van der Waals surface area contributed by atoms with Crippen LogP contribution in [0.3, 0.4) is 0 Å². The molecule has 0 unspecified atom stereocenters. The molecule has 1 aliphatic rings. The van der Waals surface area contributed by atoms with Gasteiger partial charge in [0.2, 0.25) is 0 Å². The SMILES string of the molecule is CC.CC(C)c1cn(C2(C)COC2)c2ccncc12. The minimum Gasteiger partial charge on any atom is -0.376 e. The number of ether oxygens (including phenoxy) is 1. The molecule has 1 fully saturated rings. The minimum absolute atomic E-state index is 0.118. The summed E-state index contributed by atoms with van der Waals surface area (Å²) in [5, 5.41) is 1.27. The number of pyridine rings is 1. The third-order valence-electron chi connectivity index (χ3n) is 3.67. The average Bonchev–Trinajstić information content (AvgIpc) is 2.78. The van der Waals surface area contributed by atoms with E-state index < -0.39 is 0 Å². The van der Waals surface area contributed by atoms with Gasteiger partial charge in [-0.05, 0) is 24.5 Å². The van der Waals surface area contributed by atoms with Crippen LogP contribution in [0.4, 0.5) is 0 Å². The third kappa shape index (κ3) is 2.27. The topological polar surface area (TPSA) is 27.1 Å². The van der Waals surface area contributed by atoms with Gasteiger partial charge in [-0.2, -0.15) is 0 Å². The molecule has 0 atom stereocenters. The summed E-state index contributed by atoms with van der Waals surface area (Å²) >= 11 is 0. The first-order valence-electron chi connectivity index (χ1n) is 7.15. The van der Waals surface area contributed by atoms with Gasteiger partial charge in [0.15, 0.2) is 0 Å². The number of hydrogen-bond acceptors (Lipinski definition) is 2. The van der Waals surface area contributed by atoms with E-state index in [2.05, 4.69) is 42.6 Å². The van der Waals surface area contributed by atoms with Crippen LogP contribution in [0.2, 0.25) is 0 Å². The Kier molecular flexibility index (Phi) is 3.95. The summed E-state index contributed by atoms with van der Waals surface area (Å²) in [7, 11) is 0. The standard InChI is InChI=1S/C14H18N2O.C2H6/c1-10(2)12-7-16(14(3)8-17-9-14)13-4-5-15-6-11(12)13;1-2/h4-7,10H,8-9H2,1-3H3;1-2H3. The molecular formula is C16H24N2O. The van der Waals surface area contributed by atoms with Gasteiger partial charge in [-0.15, -0.1) is 0 Å². The lowest BCUT2D eigenvalue weighted by Crippen LogP contribution is -2.48. The van der Waals surface area contributed by atoms with Crippen LogP contribution in [-0.4, -0.2) is 22.8 Å². The Hall–Kier alpha value is -1.35. The molecule has 3 nitrogen and oxygen atoms in total. The van der Waals surface area contributed by atoms with Crippen LogP contribution in [-0.2, 0) is 10.3 Å². The second-order valence-electron chi connectivity index (χ2n) is 5.49. The Bertz CT molecular complexity index is 553. The molecule has 3 heteroatoms. The molecule has 0 aromatic carbocycles. The van der Waals surface area contributed by atoms with Gasteiger partial charge < -0.3 is 9.30 Å². The van der Waals surface area contributed by atoms with Crippen molar-refractivity contribution in [2.45, 2.75) is 46.1 Å². The zero-order chi connectivity index (χ0) is 14.0. The van der Waals surface area contributed by atoms with Crippen LogP contribution in [0.15, 0.2) is 24.7 Å². The highest BCUT2D eigenvalue weighted by molar-refractivity contribution is 5.83. The summed E-state index contributed by atoms with van der Waals surface area (Å²) in [6.45, 7) is 12.3. The maximum Gasteiger partial charge on any atom is 0.0883 e. The Balaban J connectivity index is 0.000000637. The minimum atomic E-state index is 0.118. The molecule has 19 heavy (non-hydrogen) atoms. The molecule has 0 N–H and O–H groups in total. The molecule has 2 aromatic rings. The van der Waals surface area contributed by atoms with E-state index in [1.807, 2.05) is 26.2 Å². The quantitative estimate of drug-likeness (QED) is 0.818. The number of hydrogen-bond donors (Lipinski definition) is 0. The molecule has 104 valence electrons. The summed E-state index contributed by atoms with van der Waals surface area (Å²) in [5.41, 5.74) is 2.77. The van der Waals surface area contributed by atoms with Crippen molar-refractivity contribution in [3.63, 3.8) is 0 Å². The highest BCUT2D eigenvalue weighted by Gasteiger charge is 2.36. The number of rotatable bonds is 2. The van der Waals surface area contributed by atoms with Crippen molar-refractivity contribution in [3.05, 3.63) is 30.2 Å². The van der Waals surface area contributed by atoms with Crippen molar-refractivity contribution in [1.82, 2.24) is 9.55 Å². The van der Waals surface area contributed by atoms with Crippen molar-refractivity contribution in [2.75, 3.05) is 13.2 Å². The molecule has 0 aliphatic carbocycles. The smallest absolute Gasteiger partial charge is 0.0883 e. The maximum absolute atomic E-state index is 5.37. The molecule has 0 radical (unpaired) electrons. The third-order valence-corrected chi connectivity index (χ3v) is 3.67. The Labute approximate surface area is 115 Å². The zero-order valence-corrected chi connectivity index (χ0v) is 12.6. The molecule has 1 aliphatic heterocycles. The highest BCUT2D eigenvalue weighted by atomic mass is 16.5. The van der Waals surface area contributed by atoms with Crippen LogP contribution in [0.25, 0.3) is 10.9 Å². The zero-order valence-electron chi connectivity index (χ0n) is 12.6.